The molecular formula is C24H23N5S. The Morgan fingerprint density at radius 2 is 2.03 bits per heavy atom. The van der Waals surface area contributed by atoms with Gasteiger partial charge in [0.25, 0.3) is 0 Å². The molecule has 0 fully saturated rings. The zero-order valence-electron chi connectivity index (χ0n) is 17.0. The zero-order chi connectivity index (χ0) is 20.2. The molecule has 1 aliphatic heterocycles. The monoisotopic (exact) mass is 413 g/mol. The number of nitrogens with zero attached hydrogens (tertiary/aromatic N) is 2. The lowest BCUT2D eigenvalue weighted by atomic mass is 9.94. The Kier molecular flexibility index (Phi) is 4.04. The van der Waals surface area contributed by atoms with E-state index in [0.717, 1.165) is 36.1 Å². The molecule has 0 spiro atoms. The smallest absolute Gasteiger partial charge is 0.155 e. The number of rotatable bonds is 3. The number of aromatic nitrogens is 4. The van der Waals surface area contributed by atoms with Gasteiger partial charge in [0.05, 0.1) is 11.9 Å². The standard InChI is InChI=1S/C24H23N5S/c1-13(2)22-17-9-14(20-10-15-5-7-25-12-21(15)30-20)3-4-19(17)28-23(22)16-6-8-26-24-18(16)11-27-29-24/h3-4,6,8-11,13,25,28H,5,7,12H2,1-2H3,(H,26,27,29). The maximum Gasteiger partial charge on any atom is 0.155 e. The molecule has 0 unspecified atom stereocenters. The fraction of sp³-hybridized carbons (Fsp3) is 0.250. The van der Waals surface area contributed by atoms with Crippen molar-refractivity contribution in [2.24, 2.45) is 0 Å². The van der Waals surface area contributed by atoms with Crippen molar-refractivity contribution in [1.29, 1.82) is 0 Å². The number of nitrogens with one attached hydrogen (secondary N) is 3. The van der Waals surface area contributed by atoms with E-state index in [1.807, 2.05) is 23.7 Å². The summed E-state index contributed by atoms with van der Waals surface area (Å²) >= 11 is 1.92. The highest BCUT2D eigenvalue weighted by atomic mass is 32.1. The summed E-state index contributed by atoms with van der Waals surface area (Å²) < 4.78 is 0. The van der Waals surface area contributed by atoms with Gasteiger partial charge in [0.15, 0.2) is 5.65 Å². The third-order valence-corrected chi connectivity index (χ3v) is 7.30. The van der Waals surface area contributed by atoms with Crippen molar-refractivity contribution < 1.29 is 0 Å². The van der Waals surface area contributed by atoms with E-state index < -0.39 is 0 Å². The van der Waals surface area contributed by atoms with Crippen LogP contribution in [0.5, 0.6) is 0 Å². The molecule has 6 rings (SSSR count). The Morgan fingerprint density at radius 1 is 1.10 bits per heavy atom. The summed E-state index contributed by atoms with van der Waals surface area (Å²) in [5, 5.41) is 13.0. The highest BCUT2D eigenvalue weighted by Gasteiger charge is 2.20. The lowest BCUT2D eigenvalue weighted by molar-refractivity contribution is 0.655. The van der Waals surface area contributed by atoms with Gasteiger partial charge in [-0.1, -0.05) is 19.9 Å². The van der Waals surface area contributed by atoms with Crippen molar-refractivity contribution >= 4 is 33.3 Å². The summed E-state index contributed by atoms with van der Waals surface area (Å²) in [4.78, 5) is 10.9. The Morgan fingerprint density at radius 3 is 2.90 bits per heavy atom. The molecule has 1 aliphatic rings. The van der Waals surface area contributed by atoms with Gasteiger partial charge in [-0.2, -0.15) is 5.10 Å². The van der Waals surface area contributed by atoms with E-state index >= 15 is 0 Å². The molecule has 1 aromatic carbocycles. The number of hydrogen-bond acceptors (Lipinski definition) is 4. The van der Waals surface area contributed by atoms with Gasteiger partial charge < -0.3 is 10.3 Å². The van der Waals surface area contributed by atoms with E-state index in [4.69, 9.17) is 0 Å². The molecule has 4 aromatic heterocycles. The fourth-order valence-electron chi connectivity index (χ4n) is 4.64. The van der Waals surface area contributed by atoms with Crippen LogP contribution in [0.4, 0.5) is 0 Å². The first kappa shape index (κ1) is 17.9. The molecule has 5 aromatic rings. The SMILES string of the molecule is CC(C)c1c(-c2ccnc3[nH]ncc23)[nH]c2ccc(-c3cc4c(s3)CNCC4)cc12. The van der Waals surface area contributed by atoms with Gasteiger partial charge in [-0.15, -0.1) is 11.3 Å². The normalized spacial score (nSPS) is 14.1. The maximum absolute atomic E-state index is 4.41. The van der Waals surface area contributed by atoms with E-state index in [2.05, 4.69) is 69.7 Å². The first-order valence-electron chi connectivity index (χ1n) is 10.5. The molecule has 0 atom stereocenters. The fourth-order valence-corrected chi connectivity index (χ4v) is 5.82. The minimum absolute atomic E-state index is 0.389. The van der Waals surface area contributed by atoms with Gasteiger partial charge in [0.2, 0.25) is 0 Å². The minimum atomic E-state index is 0.389. The predicted molar refractivity (Wildman–Crippen MR) is 124 cm³/mol. The summed E-state index contributed by atoms with van der Waals surface area (Å²) in [6, 6.07) is 11.3. The van der Waals surface area contributed by atoms with Crippen LogP contribution in [0.1, 0.15) is 35.8 Å². The first-order valence-corrected chi connectivity index (χ1v) is 11.3. The van der Waals surface area contributed by atoms with E-state index in [-0.39, 0.29) is 0 Å². The minimum Gasteiger partial charge on any atom is -0.354 e. The molecule has 0 aliphatic carbocycles. The number of fused-ring (bicyclic) bond motifs is 3. The maximum atomic E-state index is 4.41. The molecule has 5 heterocycles. The van der Waals surface area contributed by atoms with E-state index in [9.17, 15) is 0 Å². The average Bonchev–Trinajstić information content (AvgIpc) is 3.48. The average molecular weight is 414 g/mol. The second-order valence-electron chi connectivity index (χ2n) is 8.31. The lowest BCUT2D eigenvalue weighted by Crippen LogP contribution is -2.21. The highest BCUT2D eigenvalue weighted by Crippen LogP contribution is 2.40. The van der Waals surface area contributed by atoms with Gasteiger partial charge >= 0.3 is 0 Å². The highest BCUT2D eigenvalue weighted by molar-refractivity contribution is 7.15. The Labute approximate surface area is 178 Å². The van der Waals surface area contributed by atoms with Gasteiger partial charge in [-0.3, -0.25) is 5.10 Å². The van der Waals surface area contributed by atoms with Crippen LogP contribution < -0.4 is 5.32 Å². The summed E-state index contributed by atoms with van der Waals surface area (Å²) in [5.41, 5.74) is 8.47. The molecular weight excluding hydrogens is 390 g/mol. The van der Waals surface area contributed by atoms with Crippen molar-refractivity contribution in [2.75, 3.05) is 6.54 Å². The molecule has 150 valence electrons. The van der Waals surface area contributed by atoms with Gasteiger partial charge in [-0.25, -0.2) is 4.98 Å². The number of hydrogen-bond donors (Lipinski definition) is 3. The molecule has 0 radical (unpaired) electrons. The first-order chi connectivity index (χ1) is 14.7. The number of aromatic amines is 2. The van der Waals surface area contributed by atoms with Crippen molar-refractivity contribution in [3.63, 3.8) is 0 Å². The molecule has 0 bridgehead atoms. The molecule has 0 saturated heterocycles. The van der Waals surface area contributed by atoms with Gasteiger partial charge in [0, 0.05) is 44.3 Å². The number of benzene rings is 1. The van der Waals surface area contributed by atoms with Crippen LogP contribution >= 0.6 is 11.3 Å². The van der Waals surface area contributed by atoms with Crippen LogP contribution in [0.2, 0.25) is 0 Å². The Balaban J connectivity index is 1.55. The van der Waals surface area contributed by atoms with Crippen LogP contribution in [0.15, 0.2) is 42.7 Å². The summed E-state index contributed by atoms with van der Waals surface area (Å²) in [5.74, 6) is 0.389. The molecule has 5 nitrogen and oxygen atoms in total. The topological polar surface area (TPSA) is 69.4 Å². The van der Waals surface area contributed by atoms with Crippen LogP contribution in [0.25, 0.3) is 43.6 Å². The Hall–Kier alpha value is -2.96. The van der Waals surface area contributed by atoms with Crippen LogP contribution in [0, 0.1) is 0 Å². The second-order valence-corrected chi connectivity index (χ2v) is 9.44. The lowest BCUT2D eigenvalue weighted by Gasteiger charge is -2.10. The number of H-pyrrole nitrogens is 2. The van der Waals surface area contributed by atoms with E-state index in [0.29, 0.717) is 5.92 Å². The third kappa shape index (κ3) is 2.71. The van der Waals surface area contributed by atoms with Crippen molar-refractivity contribution in [3.8, 4) is 21.7 Å². The van der Waals surface area contributed by atoms with Crippen molar-refractivity contribution in [1.82, 2.24) is 25.5 Å². The number of pyridine rings is 1. The van der Waals surface area contributed by atoms with Crippen LogP contribution in [-0.2, 0) is 13.0 Å². The second kappa shape index (κ2) is 6.79. The third-order valence-electron chi connectivity index (χ3n) is 6.08. The van der Waals surface area contributed by atoms with Crippen LogP contribution in [-0.4, -0.2) is 26.7 Å². The van der Waals surface area contributed by atoms with Gasteiger partial charge in [0.1, 0.15) is 0 Å². The largest absolute Gasteiger partial charge is 0.354 e. The molecule has 30 heavy (non-hydrogen) atoms. The van der Waals surface area contributed by atoms with Gasteiger partial charge in [-0.05, 0) is 59.8 Å². The summed E-state index contributed by atoms with van der Waals surface area (Å²) in [6.07, 6.45) is 4.84. The molecule has 0 amide bonds. The van der Waals surface area contributed by atoms with E-state index in [1.165, 1.54) is 43.0 Å². The Bertz CT molecular complexity index is 1360. The number of thiophene rings is 1. The summed E-state index contributed by atoms with van der Waals surface area (Å²) in [7, 11) is 0. The summed E-state index contributed by atoms with van der Waals surface area (Å²) in [6.45, 7) is 6.61. The van der Waals surface area contributed by atoms with Crippen LogP contribution in [0.3, 0.4) is 0 Å². The van der Waals surface area contributed by atoms with E-state index in [1.54, 1.807) is 0 Å². The quantitative estimate of drug-likeness (QED) is 0.360. The molecule has 6 heteroatoms. The molecule has 3 N–H and O–H groups in total. The zero-order valence-corrected chi connectivity index (χ0v) is 17.9. The van der Waals surface area contributed by atoms with Crippen molar-refractivity contribution in [2.45, 2.75) is 32.7 Å². The predicted octanol–water partition coefficient (Wildman–Crippen LogP) is 5.60. The van der Waals surface area contributed by atoms with Crippen molar-refractivity contribution in [3.05, 3.63) is 58.7 Å². The molecule has 0 saturated carbocycles.